The highest BCUT2D eigenvalue weighted by Crippen LogP contribution is 2.25. The standard InChI is InChI=1S/C17H20N2/c1-2-7-14(8-3-1)17-16-10-5-4-9-15(16)13-18-11-6-12-19-17/h1-5,7-10,17-19H,6,11-13H2. The predicted octanol–water partition coefficient (Wildman–Crippen LogP) is 2.86. The Morgan fingerprint density at radius 1 is 0.842 bits per heavy atom. The van der Waals surface area contributed by atoms with Gasteiger partial charge in [0.25, 0.3) is 0 Å². The maximum absolute atomic E-state index is 3.69. The highest BCUT2D eigenvalue weighted by atomic mass is 14.9. The molecule has 0 spiro atoms. The van der Waals surface area contributed by atoms with Crippen molar-refractivity contribution >= 4 is 0 Å². The van der Waals surface area contributed by atoms with Gasteiger partial charge in [0.15, 0.2) is 0 Å². The molecule has 2 nitrogen and oxygen atoms in total. The summed E-state index contributed by atoms with van der Waals surface area (Å²) in [6.45, 7) is 3.07. The molecule has 2 aromatic carbocycles. The molecule has 2 aromatic rings. The molecule has 0 radical (unpaired) electrons. The zero-order chi connectivity index (χ0) is 12.9. The first-order chi connectivity index (χ1) is 9.45. The first kappa shape index (κ1) is 12.4. The van der Waals surface area contributed by atoms with E-state index in [1.807, 2.05) is 0 Å². The van der Waals surface area contributed by atoms with E-state index in [1.54, 1.807) is 0 Å². The summed E-state index contributed by atoms with van der Waals surface area (Å²) in [6, 6.07) is 19.8. The first-order valence-electron chi connectivity index (χ1n) is 7.02. The maximum atomic E-state index is 3.69. The molecule has 19 heavy (non-hydrogen) atoms. The Morgan fingerprint density at radius 2 is 1.63 bits per heavy atom. The molecule has 1 aliphatic rings. The van der Waals surface area contributed by atoms with Crippen LogP contribution in [0.3, 0.4) is 0 Å². The van der Waals surface area contributed by atoms with E-state index in [-0.39, 0.29) is 0 Å². The minimum atomic E-state index is 0.303. The van der Waals surface area contributed by atoms with Gasteiger partial charge in [-0.2, -0.15) is 0 Å². The molecule has 0 aliphatic carbocycles. The quantitative estimate of drug-likeness (QED) is 0.815. The third-order valence-corrected chi connectivity index (χ3v) is 3.69. The van der Waals surface area contributed by atoms with Gasteiger partial charge in [-0.1, -0.05) is 54.6 Å². The van der Waals surface area contributed by atoms with Gasteiger partial charge in [-0.25, -0.2) is 0 Å². The molecule has 0 fully saturated rings. The minimum absolute atomic E-state index is 0.303. The topological polar surface area (TPSA) is 24.1 Å². The van der Waals surface area contributed by atoms with Crippen LogP contribution in [-0.4, -0.2) is 13.1 Å². The van der Waals surface area contributed by atoms with Crippen molar-refractivity contribution in [2.24, 2.45) is 0 Å². The van der Waals surface area contributed by atoms with Gasteiger partial charge in [0.1, 0.15) is 0 Å². The van der Waals surface area contributed by atoms with Crippen LogP contribution < -0.4 is 10.6 Å². The van der Waals surface area contributed by atoms with Crippen molar-refractivity contribution in [3.63, 3.8) is 0 Å². The third-order valence-electron chi connectivity index (χ3n) is 3.69. The van der Waals surface area contributed by atoms with Crippen LogP contribution in [0.25, 0.3) is 0 Å². The van der Waals surface area contributed by atoms with Gasteiger partial charge < -0.3 is 10.6 Å². The lowest BCUT2D eigenvalue weighted by Gasteiger charge is -2.21. The summed E-state index contributed by atoms with van der Waals surface area (Å²) in [5, 5.41) is 7.21. The molecule has 0 aromatic heterocycles. The van der Waals surface area contributed by atoms with Crippen LogP contribution in [0.15, 0.2) is 54.6 Å². The average Bonchev–Trinajstić information content (AvgIpc) is 2.58. The number of rotatable bonds is 1. The summed E-state index contributed by atoms with van der Waals surface area (Å²) >= 11 is 0. The van der Waals surface area contributed by atoms with Gasteiger partial charge in [-0.15, -0.1) is 0 Å². The van der Waals surface area contributed by atoms with E-state index in [9.17, 15) is 0 Å². The zero-order valence-electron chi connectivity index (χ0n) is 11.1. The second-order valence-electron chi connectivity index (χ2n) is 5.03. The Morgan fingerprint density at radius 3 is 2.53 bits per heavy atom. The van der Waals surface area contributed by atoms with Gasteiger partial charge in [-0.3, -0.25) is 0 Å². The van der Waals surface area contributed by atoms with Crippen molar-refractivity contribution < 1.29 is 0 Å². The van der Waals surface area contributed by atoms with E-state index < -0.39 is 0 Å². The van der Waals surface area contributed by atoms with Gasteiger partial charge in [0.2, 0.25) is 0 Å². The van der Waals surface area contributed by atoms with Crippen LogP contribution in [0.1, 0.15) is 29.2 Å². The monoisotopic (exact) mass is 252 g/mol. The van der Waals surface area contributed by atoms with E-state index in [0.717, 1.165) is 26.1 Å². The Bertz CT molecular complexity index is 522. The predicted molar refractivity (Wildman–Crippen MR) is 79.1 cm³/mol. The fourth-order valence-corrected chi connectivity index (χ4v) is 2.71. The van der Waals surface area contributed by atoms with Crippen LogP contribution in [0.5, 0.6) is 0 Å². The van der Waals surface area contributed by atoms with Gasteiger partial charge in [0, 0.05) is 6.54 Å². The molecule has 1 atom stereocenters. The normalized spacial score (nSPS) is 19.9. The van der Waals surface area contributed by atoms with E-state index in [1.165, 1.54) is 16.7 Å². The van der Waals surface area contributed by atoms with E-state index >= 15 is 0 Å². The van der Waals surface area contributed by atoms with Crippen molar-refractivity contribution in [3.8, 4) is 0 Å². The lowest BCUT2D eigenvalue weighted by Crippen LogP contribution is -2.24. The molecule has 0 saturated heterocycles. The summed E-state index contributed by atoms with van der Waals surface area (Å²) in [6.07, 6.45) is 1.16. The molecule has 0 saturated carbocycles. The number of hydrogen-bond acceptors (Lipinski definition) is 2. The second-order valence-corrected chi connectivity index (χ2v) is 5.03. The average molecular weight is 252 g/mol. The molecule has 98 valence electrons. The van der Waals surface area contributed by atoms with Crippen molar-refractivity contribution in [2.45, 2.75) is 19.0 Å². The zero-order valence-corrected chi connectivity index (χ0v) is 11.1. The number of nitrogens with one attached hydrogen (secondary N) is 2. The van der Waals surface area contributed by atoms with Crippen LogP contribution in [-0.2, 0) is 6.54 Å². The lowest BCUT2D eigenvalue weighted by atomic mass is 9.94. The molecule has 0 bridgehead atoms. The highest BCUT2D eigenvalue weighted by Gasteiger charge is 2.17. The maximum Gasteiger partial charge on any atom is 0.0579 e. The van der Waals surface area contributed by atoms with Crippen molar-refractivity contribution in [2.75, 3.05) is 13.1 Å². The summed E-state index contributed by atoms with van der Waals surface area (Å²) in [5.74, 6) is 0. The molecule has 0 amide bonds. The van der Waals surface area contributed by atoms with Crippen LogP contribution in [0.2, 0.25) is 0 Å². The van der Waals surface area contributed by atoms with E-state index in [0.29, 0.717) is 6.04 Å². The van der Waals surface area contributed by atoms with Crippen molar-refractivity contribution in [1.82, 2.24) is 10.6 Å². The summed E-state index contributed by atoms with van der Waals surface area (Å²) in [7, 11) is 0. The van der Waals surface area contributed by atoms with E-state index in [4.69, 9.17) is 0 Å². The molecular formula is C17H20N2. The van der Waals surface area contributed by atoms with Crippen LogP contribution in [0.4, 0.5) is 0 Å². The minimum Gasteiger partial charge on any atom is -0.313 e. The SMILES string of the molecule is c1ccc(C2NCCCNCc3ccccc32)cc1. The van der Waals surface area contributed by atoms with Crippen molar-refractivity contribution in [3.05, 3.63) is 71.3 Å². The summed E-state index contributed by atoms with van der Waals surface area (Å²) < 4.78 is 0. The second kappa shape index (κ2) is 6.00. The molecule has 3 rings (SSSR count). The van der Waals surface area contributed by atoms with Crippen LogP contribution >= 0.6 is 0 Å². The first-order valence-corrected chi connectivity index (χ1v) is 7.02. The fraction of sp³-hybridized carbons (Fsp3) is 0.294. The number of hydrogen-bond donors (Lipinski definition) is 2. The Hall–Kier alpha value is -1.64. The molecule has 1 unspecified atom stereocenters. The third kappa shape index (κ3) is 2.86. The van der Waals surface area contributed by atoms with Crippen LogP contribution in [0, 0.1) is 0 Å². The number of benzene rings is 2. The van der Waals surface area contributed by atoms with Gasteiger partial charge >= 0.3 is 0 Å². The Kier molecular flexibility index (Phi) is 3.92. The fourth-order valence-electron chi connectivity index (χ4n) is 2.71. The summed E-state index contributed by atoms with van der Waals surface area (Å²) in [5.41, 5.74) is 4.13. The molecular weight excluding hydrogens is 232 g/mol. The molecule has 1 heterocycles. The smallest absolute Gasteiger partial charge is 0.0579 e. The largest absolute Gasteiger partial charge is 0.313 e. The number of fused-ring (bicyclic) bond motifs is 1. The Balaban J connectivity index is 2.02. The molecule has 2 heteroatoms. The summed E-state index contributed by atoms with van der Waals surface area (Å²) in [4.78, 5) is 0. The highest BCUT2D eigenvalue weighted by molar-refractivity contribution is 5.37. The molecule has 1 aliphatic heterocycles. The van der Waals surface area contributed by atoms with Crippen molar-refractivity contribution in [1.29, 1.82) is 0 Å². The van der Waals surface area contributed by atoms with E-state index in [2.05, 4.69) is 65.2 Å². The lowest BCUT2D eigenvalue weighted by molar-refractivity contribution is 0.576. The van der Waals surface area contributed by atoms with Gasteiger partial charge in [0.05, 0.1) is 6.04 Å². The Labute approximate surface area is 114 Å². The molecule has 2 N–H and O–H groups in total. The van der Waals surface area contributed by atoms with Gasteiger partial charge in [-0.05, 0) is 36.2 Å².